The van der Waals surface area contributed by atoms with E-state index in [1.165, 1.54) is 0 Å². The SMILES string of the molecule is CC(NC(=O)C1(C)CC1(Cl)Cl)c1ccc(Cl)cc1. The third-order valence-corrected chi connectivity index (χ3v) is 4.83. The average Bonchev–Trinajstić information content (AvgIpc) is 2.80. The van der Waals surface area contributed by atoms with Crippen LogP contribution >= 0.6 is 34.8 Å². The van der Waals surface area contributed by atoms with Gasteiger partial charge in [-0.05, 0) is 38.0 Å². The molecule has 0 bridgehead atoms. The highest BCUT2D eigenvalue weighted by Crippen LogP contribution is 2.63. The van der Waals surface area contributed by atoms with Gasteiger partial charge in [0.2, 0.25) is 5.91 Å². The highest BCUT2D eigenvalue weighted by atomic mass is 35.5. The lowest BCUT2D eigenvalue weighted by Crippen LogP contribution is -2.35. The summed E-state index contributed by atoms with van der Waals surface area (Å²) in [5, 5.41) is 3.60. The first kappa shape index (κ1) is 14.0. The van der Waals surface area contributed by atoms with Crippen LogP contribution in [0.2, 0.25) is 5.02 Å². The van der Waals surface area contributed by atoms with Gasteiger partial charge in [-0.25, -0.2) is 0 Å². The van der Waals surface area contributed by atoms with Crippen molar-refractivity contribution in [2.75, 3.05) is 0 Å². The van der Waals surface area contributed by atoms with E-state index in [0.29, 0.717) is 11.4 Å². The van der Waals surface area contributed by atoms with Gasteiger partial charge in [0.05, 0.1) is 11.5 Å². The Kier molecular flexibility index (Phi) is 3.56. The number of nitrogens with one attached hydrogen (secondary N) is 1. The van der Waals surface area contributed by atoms with Gasteiger partial charge >= 0.3 is 0 Å². The predicted molar refractivity (Wildman–Crippen MR) is 75.2 cm³/mol. The standard InChI is InChI=1S/C13H14Cl3NO/c1-8(9-3-5-10(14)6-4-9)17-11(18)12(2)7-13(12,15)16/h3-6,8H,7H2,1-2H3,(H,17,18). The van der Waals surface area contributed by atoms with Crippen molar-refractivity contribution in [1.82, 2.24) is 5.32 Å². The van der Waals surface area contributed by atoms with E-state index in [0.717, 1.165) is 5.56 Å². The minimum atomic E-state index is -0.934. The first-order valence-electron chi connectivity index (χ1n) is 5.70. The van der Waals surface area contributed by atoms with Gasteiger partial charge in [-0.2, -0.15) is 0 Å². The summed E-state index contributed by atoms with van der Waals surface area (Å²) in [4.78, 5) is 12.1. The maximum absolute atomic E-state index is 12.1. The summed E-state index contributed by atoms with van der Waals surface area (Å²) in [5.41, 5.74) is 0.309. The monoisotopic (exact) mass is 305 g/mol. The van der Waals surface area contributed by atoms with E-state index in [-0.39, 0.29) is 11.9 Å². The average molecular weight is 307 g/mol. The fourth-order valence-electron chi connectivity index (χ4n) is 1.84. The zero-order chi connectivity index (χ0) is 13.6. The van der Waals surface area contributed by atoms with Crippen LogP contribution in [0.5, 0.6) is 0 Å². The van der Waals surface area contributed by atoms with Gasteiger partial charge in [-0.1, -0.05) is 23.7 Å². The number of hydrogen-bond donors (Lipinski definition) is 1. The molecule has 18 heavy (non-hydrogen) atoms. The molecule has 2 rings (SSSR count). The smallest absolute Gasteiger partial charge is 0.229 e. The summed E-state index contributed by atoms with van der Waals surface area (Å²) < 4.78 is -0.934. The van der Waals surface area contributed by atoms with E-state index in [4.69, 9.17) is 34.8 Å². The minimum Gasteiger partial charge on any atom is -0.349 e. The molecule has 0 spiro atoms. The van der Waals surface area contributed by atoms with E-state index >= 15 is 0 Å². The molecular formula is C13H14Cl3NO. The van der Waals surface area contributed by atoms with Crippen LogP contribution in [-0.4, -0.2) is 10.2 Å². The molecule has 5 heteroatoms. The van der Waals surface area contributed by atoms with Crippen LogP contribution in [0.1, 0.15) is 31.9 Å². The lowest BCUT2D eigenvalue weighted by molar-refractivity contribution is -0.126. The maximum Gasteiger partial charge on any atom is 0.229 e. The van der Waals surface area contributed by atoms with Crippen LogP contribution < -0.4 is 5.32 Å². The number of carbonyl (C=O) groups is 1. The van der Waals surface area contributed by atoms with Crippen molar-refractivity contribution in [3.05, 3.63) is 34.9 Å². The highest BCUT2D eigenvalue weighted by molar-refractivity contribution is 6.53. The zero-order valence-electron chi connectivity index (χ0n) is 10.1. The largest absolute Gasteiger partial charge is 0.349 e. The van der Waals surface area contributed by atoms with Gasteiger partial charge in [-0.3, -0.25) is 4.79 Å². The Bertz CT molecular complexity index is 472. The molecule has 1 amide bonds. The summed E-state index contributed by atoms with van der Waals surface area (Å²) in [6, 6.07) is 7.27. The molecule has 98 valence electrons. The van der Waals surface area contributed by atoms with Gasteiger partial charge in [-0.15, -0.1) is 23.2 Å². The third kappa shape index (κ3) is 2.47. The fraction of sp³-hybridized carbons (Fsp3) is 0.462. The molecule has 1 aromatic rings. The lowest BCUT2D eigenvalue weighted by Gasteiger charge is -2.18. The van der Waals surface area contributed by atoms with Crippen molar-refractivity contribution >= 4 is 40.7 Å². The number of alkyl halides is 2. The summed E-state index contributed by atoms with van der Waals surface area (Å²) in [6.45, 7) is 3.69. The van der Waals surface area contributed by atoms with Crippen LogP contribution in [0.4, 0.5) is 0 Å². The molecule has 1 aliphatic carbocycles. The molecule has 0 aliphatic heterocycles. The number of amides is 1. The van der Waals surface area contributed by atoms with Gasteiger partial charge in [0.15, 0.2) is 0 Å². The second-order valence-corrected chi connectivity index (χ2v) is 6.88. The summed E-state index contributed by atoms with van der Waals surface area (Å²) >= 11 is 17.8. The van der Waals surface area contributed by atoms with E-state index in [1.807, 2.05) is 19.1 Å². The second-order valence-electron chi connectivity index (χ2n) is 4.96. The van der Waals surface area contributed by atoms with E-state index in [9.17, 15) is 4.79 Å². The number of benzene rings is 1. The van der Waals surface area contributed by atoms with Crippen molar-refractivity contribution in [3.8, 4) is 0 Å². The topological polar surface area (TPSA) is 29.1 Å². The Labute approximate surface area is 122 Å². The minimum absolute atomic E-state index is 0.101. The molecule has 0 aromatic heterocycles. The summed E-state index contributed by atoms with van der Waals surface area (Å²) in [6.07, 6.45) is 0.488. The molecule has 1 fully saturated rings. The molecule has 1 aliphatic rings. The van der Waals surface area contributed by atoms with Crippen LogP contribution in [0, 0.1) is 5.41 Å². The Balaban J connectivity index is 2.02. The number of hydrogen-bond acceptors (Lipinski definition) is 1. The van der Waals surface area contributed by atoms with Gasteiger partial charge in [0.25, 0.3) is 0 Å². The molecule has 1 N–H and O–H groups in total. The van der Waals surface area contributed by atoms with Crippen molar-refractivity contribution in [2.45, 2.75) is 30.6 Å². The van der Waals surface area contributed by atoms with Crippen LogP contribution in [0.15, 0.2) is 24.3 Å². The van der Waals surface area contributed by atoms with Crippen molar-refractivity contribution in [3.63, 3.8) is 0 Å². The normalized spacial score (nSPS) is 26.5. The lowest BCUT2D eigenvalue weighted by atomic mass is 10.1. The summed E-state index contributed by atoms with van der Waals surface area (Å²) in [5.74, 6) is -0.116. The number of halogens is 3. The predicted octanol–water partition coefficient (Wildman–Crippen LogP) is 4.10. The van der Waals surface area contributed by atoms with Crippen LogP contribution in [0.3, 0.4) is 0 Å². The van der Waals surface area contributed by atoms with Crippen LogP contribution in [-0.2, 0) is 4.79 Å². The summed E-state index contributed by atoms with van der Waals surface area (Å²) in [7, 11) is 0. The van der Waals surface area contributed by atoms with Crippen LogP contribution in [0.25, 0.3) is 0 Å². The van der Waals surface area contributed by atoms with E-state index < -0.39 is 9.75 Å². The fourth-order valence-corrected chi connectivity index (χ4v) is 2.67. The molecule has 0 radical (unpaired) electrons. The molecule has 1 saturated carbocycles. The Morgan fingerprint density at radius 2 is 1.83 bits per heavy atom. The Hall–Kier alpha value is -0.440. The molecule has 2 atom stereocenters. The Morgan fingerprint density at radius 1 is 1.33 bits per heavy atom. The van der Waals surface area contributed by atoms with Crippen molar-refractivity contribution in [1.29, 1.82) is 0 Å². The van der Waals surface area contributed by atoms with E-state index in [1.54, 1.807) is 19.1 Å². The third-order valence-electron chi connectivity index (χ3n) is 3.48. The van der Waals surface area contributed by atoms with E-state index in [2.05, 4.69) is 5.32 Å². The molecule has 2 unspecified atom stereocenters. The van der Waals surface area contributed by atoms with Crippen molar-refractivity contribution < 1.29 is 4.79 Å². The molecule has 0 saturated heterocycles. The Morgan fingerprint density at radius 3 is 2.28 bits per heavy atom. The van der Waals surface area contributed by atoms with Gasteiger partial charge in [0, 0.05) is 5.02 Å². The number of rotatable bonds is 3. The molecule has 0 heterocycles. The highest BCUT2D eigenvalue weighted by Gasteiger charge is 2.67. The molecule has 2 nitrogen and oxygen atoms in total. The first-order chi connectivity index (χ1) is 8.26. The molecule has 1 aromatic carbocycles. The zero-order valence-corrected chi connectivity index (χ0v) is 12.4. The van der Waals surface area contributed by atoms with Crippen molar-refractivity contribution in [2.24, 2.45) is 5.41 Å². The quantitative estimate of drug-likeness (QED) is 0.837. The number of carbonyl (C=O) groups excluding carboxylic acids is 1. The first-order valence-corrected chi connectivity index (χ1v) is 6.84. The van der Waals surface area contributed by atoms with Gasteiger partial charge < -0.3 is 5.32 Å². The van der Waals surface area contributed by atoms with Gasteiger partial charge in [0.1, 0.15) is 4.33 Å². The second kappa shape index (κ2) is 4.59. The maximum atomic E-state index is 12.1. The molecular weight excluding hydrogens is 293 g/mol.